The van der Waals surface area contributed by atoms with Crippen molar-refractivity contribution in [2.45, 2.75) is 56.4 Å². The van der Waals surface area contributed by atoms with Crippen LogP contribution >= 0.6 is 0 Å². The highest BCUT2D eigenvalue weighted by Crippen LogP contribution is 2.29. The van der Waals surface area contributed by atoms with E-state index in [-0.39, 0.29) is 33.0 Å². The van der Waals surface area contributed by atoms with Crippen molar-refractivity contribution in [2.75, 3.05) is 66.6 Å². The Kier molecular flexibility index (Phi) is 15.9. The molecule has 0 aliphatic carbocycles. The molecule has 0 bridgehead atoms. The van der Waals surface area contributed by atoms with Gasteiger partial charge in [0, 0.05) is 60.0 Å². The zero-order valence-electron chi connectivity index (χ0n) is 17.3. The minimum atomic E-state index is -0.725. The van der Waals surface area contributed by atoms with Crippen molar-refractivity contribution in [3.63, 3.8) is 0 Å². The van der Waals surface area contributed by atoms with Crippen LogP contribution in [0.3, 0.4) is 0 Å². The first-order valence-corrected chi connectivity index (χ1v) is 10.3. The van der Waals surface area contributed by atoms with Crippen LogP contribution in [0.1, 0.15) is 25.7 Å². The number of aliphatic hydroxyl groups excluding tert-OH is 4. The third kappa shape index (κ3) is 9.97. The quantitative estimate of drug-likeness (QED) is 0.203. The third-order valence-corrected chi connectivity index (χ3v) is 4.39. The largest absolute Gasteiger partial charge is 0.396 e. The summed E-state index contributed by atoms with van der Waals surface area (Å²) in [6.45, 7) is 1.53. The molecule has 0 spiro atoms. The van der Waals surface area contributed by atoms with Gasteiger partial charge in [-0.2, -0.15) is 0 Å². The molecule has 1 rings (SSSR count). The van der Waals surface area contributed by atoms with E-state index < -0.39 is 30.7 Å². The molecule has 29 heavy (non-hydrogen) atoms. The van der Waals surface area contributed by atoms with E-state index in [1.54, 1.807) is 0 Å². The first kappa shape index (κ1) is 26.6. The van der Waals surface area contributed by atoms with E-state index in [4.69, 9.17) is 48.8 Å². The van der Waals surface area contributed by atoms with Crippen molar-refractivity contribution in [3.8, 4) is 0 Å². The van der Waals surface area contributed by atoms with Crippen molar-refractivity contribution in [1.29, 1.82) is 0 Å². The molecule has 5 atom stereocenters. The normalized spacial score (nSPS) is 27.4. The average molecular weight is 427 g/mol. The SMILES string of the molecule is CO[C@H]1O[C@@H](COCCCO)[C@H](OCCCO)[C@@H](OCCCO)[C@@H]1OCCCO. The zero-order valence-corrected chi connectivity index (χ0v) is 17.3. The van der Waals surface area contributed by atoms with Gasteiger partial charge >= 0.3 is 0 Å². The molecule has 10 heteroatoms. The van der Waals surface area contributed by atoms with Gasteiger partial charge in [-0.15, -0.1) is 0 Å². The molecule has 10 nitrogen and oxygen atoms in total. The third-order valence-electron chi connectivity index (χ3n) is 4.39. The molecule has 4 N–H and O–H groups in total. The van der Waals surface area contributed by atoms with Gasteiger partial charge in [-0.3, -0.25) is 0 Å². The summed E-state index contributed by atoms with van der Waals surface area (Å²) < 4.78 is 35.0. The number of methoxy groups -OCH3 is 1. The summed E-state index contributed by atoms with van der Waals surface area (Å²) >= 11 is 0. The monoisotopic (exact) mass is 426 g/mol. The summed E-state index contributed by atoms with van der Waals surface area (Å²) in [7, 11) is 1.51. The lowest BCUT2D eigenvalue weighted by atomic mass is 9.98. The van der Waals surface area contributed by atoms with E-state index in [1.165, 1.54) is 7.11 Å². The van der Waals surface area contributed by atoms with Crippen molar-refractivity contribution in [3.05, 3.63) is 0 Å². The number of aliphatic hydroxyl groups is 4. The molecule has 0 radical (unpaired) electrons. The summed E-state index contributed by atoms with van der Waals surface area (Å²) in [6.07, 6.45) is -1.03. The topological polar surface area (TPSA) is 136 Å². The van der Waals surface area contributed by atoms with E-state index in [9.17, 15) is 0 Å². The van der Waals surface area contributed by atoms with Gasteiger partial charge in [0.05, 0.1) is 6.61 Å². The van der Waals surface area contributed by atoms with Crippen LogP contribution in [0.2, 0.25) is 0 Å². The van der Waals surface area contributed by atoms with Gasteiger partial charge < -0.3 is 48.8 Å². The smallest absolute Gasteiger partial charge is 0.186 e. The van der Waals surface area contributed by atoms with Gasteiger partial charge in [0.1, 0.15) is 24.4 Å². The van der Waals surface area contributed by atoms with Crippen LogP contribution in [0.4, 0.5) is 0 Å². The molecule has 174 valence electrons. The highest BCUT2D eigenvalue weighted by molar-refractivity contribution is 4.93. The van der Waals surface area contributed by atoms with Crippen molar-refractivity contribution in [2.24, 2.45) is 0 Å². The van der Waals surface area contributed by atoms with Crippen LogP contribution in [-0.4, -0.2) is 118 Å². The second-order valence-corrected chi connectivity index (χ2v) is 6.67. The Bertz CT molecular complexity index is 373. The second kappa shape index (κ2) is 17.3. The fourth-order valence-corrected chi connectivity index (χ4v) is 2.99. The molecule has 0 aromatic heterocycles. The van der Waals surface area contributed by atoms with E-state index >= 15 is 0 Å². The first-order valence-electron chi connectivity index (χ1n) is 10.3. The van der Waals surface area contributed by atoms with Crippen LogP contribution < -0.4 is 0 Å². The molecule has 0 amide bonds. The maximum Gasteiger partial charge on any atom is 0.186 e. The summed E-state index contributed by atoms with van der Waals surface area (Å²) in [5.74, 6) is 0. The Balaban J connectivity index is 2.92. The minimum absolute atomic E-state index is 0.000979. The maximum absolute atomic E-state index is 9.10. The fourth-order valence-electron chi connectivity index (χ4n) is 2.99. The standard InChI is InChI=1S/C19H38O10/c1-24-19-18(28-13-5-9-23)17(27-12-4-8-22)16(26-11-3-7-21)15(29-19)14-25-10-2-6-20/h15-23H,2-14H2,1H3/t15-,16-,17+,18-,19-/m0/s1. The van der Waals surface area contributed by atoms with E-state index in [0.29, 0.717) is 52.1 Å². The molecular weight excluding hydrogens is 388 g/mol. The predicted octanol–water partition coefficient (Wildman–Crippen LogP) is -0.940. The van der Waals surface area contributed by atoms with Gasteiger partial charge in [0.15, 0.2) is 6.29 Å². The van der Waals surface area contributed by atoms with Gasteiger partial charge in [-0.05, 0) is 25.7 Å². The van der Waals surface area contributed by atoms with E-state index in [1.807, 2.05) is 0 Å². The van der Waals surface area contributed by atoms with Crippen molar-refractivity contribution < 1.29 is 48.8 Å². The van der Waals surface area contributed by atoms with E-state index in [0.717, 1.165) is 0 Å². The summed E-state index contributed by atoms with van der Waals surface area (Å²) in [5.41, 5.74) is 0. The molecule has 1 aliphatic rings. The highest BCUT2D eigenvalue weighted by atomic mass is 16.7. The van der Waals surface area contributed by atoms with Gasteiger partial charge in [-0.25, -0.2) is 0 Å². The summed E-state index contributed by atoms with van der Waals surface area (Å²) in [4.78, 5) is 0. The van der Waals surface area contributed by atoms with Crippen LogP contribution in [0, 0.1) is 0 Å². The average Bonchev–Trinajstić information content (AvgIpc) is 2.73. The van der Waals surface area contributed by atoms with Gasteiger partial charge in [0.25, 0.3) is 0 Å². The van der Waals surface area contributed by atoms with Crippen molar-refractivity contribution >= 4 is 0 Å². The lowest BCUT2D eigenvalue weighted by Gasteiger charge is -2.45. The Morgan fingerprint density at radius 3 is 1.66 bits per heavy atom. The lowest BCUT2D eigenvalue weighted by molar-refractivity contribution is -0.318. The number of hydrogen-bond acceptors (Lipinski definition) is 10. The molecule has 0 aromatic carbocycles. The maximum atomic E-state index is 9.10. The Hall–Kier alpha value is -0.400. The van der Waals surface area contributed by atoms with E-state index in [2.05, 4.69) is 0 Å². The molecular formula is C19H38O10. The summed E-state index contributed by atoms with van der Waals surface area (Å²) in [5, 5.41) is 36.2. The highest BCUT2D eigenvalue weighted by Gasteiger charge is 2.48. The summed E-state index contributed by atoms with van der Waals surface area (Å²) in [6, 6.07) is 0. The van der Waals surface area contributed by atoms with Crippen LogP contribution in [0.25, 0.3) is 0 Å². The van der Waals surface area contributed by atoms with Crippen LogP contribution in [0.5, 0.6) is 0 Å². The zero-order chi connectivity index (χ0) is 21.3. The molecule has 0 aromatic rings. The Labute approximate surface area is 172 Å². The number of hydrogen-bond donors (Lipinski definition) is 4. The van der Waals surface area contributed by atoms with Gasteiger partial charge in [-0.1, -0.05) is 0 Å². The first-order chi connectivity index (χ1) is 14.2. The lowest BCUT2D eigenvalue weighted by Crippen LogP contribution is -2.62. The molecule has 0 saturated carbocycles. The fraction of sp³-hybridized carbons (Fsp3) is 1.00. The Morgan fingerprint density at radius 2 is 1.14 bits per heavy atom. The second-order valence-electron chi connectivity index (χ2n) is 6.67. The van der Waals surface area contributed by atoms with Crippen molar-refractivity contribution in [1.82, 2.24) is 0 Å². The molecule has 1 aliphatic heterocycles. The van der Waals surface area contributed by atoms with Crippen LogP contribution in [-0.2, 0) is 28.4 Å². The number of rotatable bonds is 18. The predicted molar refractivity (Wildman–Crippen MR) is 103 cm³/mol. The van der Waals surface area contributed by atoms with Gasteiger partial charge in [0.2, 0.25) is 0 Å². The molecule has 0 unspecified atom stereocenters. The molecule has 1 fully saturated rings. The Morgan fingerprint density at radius 1 is 0.655 bits per heavy atom. The molecule has 1 saturated heterocycles. The van der Waals surface area contributed by atoms with Crippen LogP contribution in [0.15, 0.2) is 0 Å². The number of ether oxygens (including phenoxy) is 6. The minimum Gasteiger partial charge on any atom is -0.396 e. The molecule has 1 heterocycles.